The standard InChI is InChI=1S/C14H16.C10H20N2/c1-3-7-13(8-4-1)11-12-14-9-5-2-6-10-14;1-2-10(1)12-8-5-9-3-6-11-7-4-9/h1,3-5,7-10H,2,6,11-12H2;9-12H,1-8H2. The van der Waals surface area contributed by atoms with E-state index >= 15 is 0 Å². The molecule has 2 nitrogen and oxygen atoms in total. The smallest absolute Gasteiger partial charge is 0.00682 e. The minimum atomic E-state index is 0.895. The van der Waals surface area contributed by atoms with Gasteiger partial charge in [-0.15, -0.1) is 0 Å². The minimum Gasteiger partial charge on any atom is -0.317 e. The van der Waals surface area contributed by atoms with Crippen molar-refractivity contribution in [3.05, 3.63) is 59.7 Å². The molecule has 3 aliphatic rings. The van der Waals surface area contributed by atoms with E-state index in [1.165, 1.54) is 82.1 Å². The first-order valence-electron chi connectivity index (χ1n) is 10.7. The van der Waals surface area contributed by atoms with Crippen LogP contribution in [-0.4, -0.2) is 25.7 Å². The van der Waals surface area contributed by atoms with Crippen LogP contribution in [0.3, 0.4) is 0 Å². The van der Waals surface area contributed by atoms with Crippen LogP contribution in [0.5, 0.6) is 0 Å². The topological polar surface area (TPSA) is 24.1 Å². The van der Waals surface area contributed by atoms with E-state index < -0.39 is 0 Å². The van der Waals surface area contributed by atoms with Crippen molar-refractivity contribution >= 4 is 0 Å². The van der Waals surface area contributed by atoms with Gasteiger partial charge in [0, 0.05) is 6.04 Å². The molecule has 0 unspecified atom stereocenters. The summed E-state index contributed by atoms with van der Waals surface area (Å²) in [6, 6.07) is 11.6. The molecule has 142 valence electrons. The highest BCUT2D eigenvalue weighted by molar-refractivity contribution is 5.24. The van der Waals surface area contributed by atoms with E-state index in [1.807, 2.05) is 0 Å². The number of aryl methyl sites for hydroxylation is 1. The Morgan fingerprint density at radius 2 is 1.73 bits per heavy atom. The number of nitrogens with one attached hydrogen (secondary N) is 2. The van der Waals surface area contributed by atoms with E-state index in [9.17, 15) is 0 Å². The fraction of sp³-hybridized carbons (Fsp3) is 0.583. The van der Waals surface area contributed by atoms with Crippen LogP contribution < -0.4 is 10.6 Å². The van der Waals surface area contributed by atoms with Gasteiger partial charge in [0.25, 0.3) is 0 Å². The highest BCUT2D eigenvalue weighted by Gasteiger charge is 2.20. The molecule has 4 rings (SSSR count). The van der Waals surface area contributed by atoms with E-state index in [1.54, 1.807) is 0 Å². The predicted molar refractivity (Wildman–Crippen MR) is 112 cm³/mol. The zero-order valence-corrected chi connectivity index (χ0v) is 16.3. The number of allylic oxidation sites excluding steroid dienone is 4. The summed E-state index contributed by atoms with van der Waals surface area (Å²) in [6.07, 6.45) is 18.7. The normalized spacial score (nSPS) is 20.2. The first-order chi connectivity index (χ1) is 12.9. The monoisotopic (exact) mass is 352 g/mol. The van der Waals surface area contributed by atoms with E-state index in [4.69, 9.17) is 0 Å². The van der Waals surface area contributed by atoms with Crippen LogP contribution in [0.4, 0.5) is 0 Å². The predicted octanol–water partition coefficient (Wildman–Crippen LogP) is 5.02. The maximum Gasteiger partial charge on any atom is 0.00682 e. The van der Waals surface area contributed by atoms with Gasteiger partial charge in [-0.25, -0.2) is 0 Å². The lowest BCUT2D eigenvalue weighted by Crippen LogP contribution is -2.30. The second-order valence-electron chi connectivity index (χ2n) is 7.95. The van der Waals surface area contributed by atoms with Gasteiger partial charge >= 0.3 is 0 Å². The third-order valence-corrected chi connectivity index (χ3v) is 5.64. The fourth-order valence-electron chi connectivity index (χ4n) is 3.74. The lowest BCUT2D eigenvalue weighted by atomic mass is 9.95. The van der Waals surface area contributed by atoms with Gasteiger partial charge in [0.05, 0.1) is 0 Å². The van der Waals surface area contributed by atoms with Crippen molar-refractivity contribution in [2.24, 2.45) is 5.92 Å². The van der Waals surface area contributed by atoms with Gasteiger partial charge in [0.15, 0.2) is 0 Å². The molecular weight excluding hydrogens is 316 g/mol. The van der Waals surface area contributed by atoms with Crippen molar-refractivity contribution in [3.63, 3.8) is 0 Å². The summed E-state index contributed by atoms with van der Waals surface area (Å²) in [4.78, 5) is 0. The van der Waals surface area contributed by atoms with Crippen LogP contribution in [0.2, 0.25) is 0 Å². The van der Waals surface area contributed by atoms with Crippen LogP contribution in [0.1, 0.15) is 56.9 Å². The molecule has 2 heteroatoms. The molecule has 0 amide bonds. The Kier molecular flexibility index (Phi) is 8.47. The molecule has 0 aromatic heterocycles. The largest absolute Gasteiger partial charge is 0.317 e. The second kappa shape index (κ2) is 11.4. The van der Waals surface area contributed by atoms with E-state index in [2.05, 4.69) is 59.2 Å². The zero-order chi connectivity index (χ0) is 17.9. The Labute approximate surface area is 160 Å². The molecule has 2 N–H and O–H groups in total. The maximum absolute atomic E-state index is 3.58. The molecule has 1 aliphatic heterocycles. The summed E-state index contributed by atoms with van der Waals surface area (Å²) in [5, 5.41) is 6.99. The summed E-state index contributed by atoms with van der Waals surface area (Å²) in [7, 11) is 0. The molecule has 1 heterocycles. The third kappa shape index (κ3) is 7.88. The fourth-order valence-corrected chi connectivity index (χ4v) is 3.74. The molecule has 26 heavy (non-hydrogen) atoms. The van der Waals surface area contributed by atoms with Crippen molar-refractivity contribution < 1.29 is 0 Å². The van der Waals surface area contributed by atoms with Gasteiger partial charge in [-0.3, -0.25) is 0 Å². The SMILES string of the molecule is C1=CC(CCc2ccccc2)=CCC1.C1CC(CCNC2CC2)CCN1. The van der Waals surface area contributed by atoms with Crippen LogP contribution >= 0.6 is 0 Å². The van der Waals surface area contributed by atoms with Gasteiger partial charge in [0.2, 0.25) is 0 Å². The lowest BCUT2D eigenvalue weighted by molar-refractivity contribution is 0.348. The summed E-state index contributed by atoms with van der Waals surface area (Å²) < 4.78 is 0. The Balaban J connectivity index is 0.000000152. The van der Waals surface area contributed by atoms with Crippen molar-refractivity contribution in [1.82, 2.24) is 10.6 Å². The third-order valence-electron chi connectivity index (χ3n) is 5.64. The Morgan fingerprint density at radius 1 is 0.923 bits per heavy atom. The van der Waals surface area contributed by atoms with Crippen LogP contribution in [0, 0.1) is 5.92 Å². The van der Waals surface area contributed by atoms with Crippen LogP contribution in [0.15, 0.2) is 54.1 Å². The molecule has 0 spiro atoms. The summed E-state index contributed by atoms with van der Waals surface area (Å²) in [6.45, 7) is 3.75. The average Bonchev–Trinajstić information content (AvgIpc) is 3.54. The summed E-state index contributed by atoms with van der Waals surface area (Å²) in [5.74, 6) is 0.998. The molecule has 0 bridgehead atoms. The quantitative estimate of drug-likeness (QED) is 0.720. The van der Waals surface area contributed by atoms with E-state index in [0.29, 0.717) is 0 Å². The molecule has 2 aliphatic carbocycles. The number of benzene rings is 1. The molecule has 1 aromatic rings. The zero-order valence-electron chi connectivity index (χ0n) is 16.3. The van der Waals surface area contributed by atoms with Crippen molar-refractivity contribution in [1.29, 1.82) is 0 Å². The van der Waals surface area contributed by atoms with Crippen LogP contribution in [0.25, 0.3) is 0 Å². The summed E-state index contributed by atoms with van der Waals surface area (Å²) in [5.41, 5.74) is 2.94. The van der Waals surface area contributed by atoms with Crippen LogP contribution in [-0.2, 0) is 6.42 Å². The highest BCUT2D eigenvalue weighted by Crippen LogP contribution is 2.20. The molecule has 1 saturated heterocycles. The van der Waals surface area contributed by atoms with Crippen molar-refractivity contribution in [2.45, 2.75) is 63.8 Å². The first-order valence-corrected chi connectivity index (χ1v) is 10.7. The van der Waals surface area contributed by atoms with Crippen molar-refractivity contribution in [2.75, 3.05) is 19.6 Å². The van der Waals surface area contributed by atoms with Gasteiger partial charge in [-0.05, 0) is 88.9 Å². The van der Waals surface area contributed by atoms with Crippen molar-refractivity contribution in [3.8, 4) is 0 Å². The Hall–Kier alpha value is -1.38. The van der Waals surface area contributed by atoms with Gasteiger partial charge < -0.3 is 10.6 Å². The summed E-state index contributed by atoms with van der Waals surface area (Å²) >= 11 is 0. The maximum atomic E-state index is 3.58. The second-order valence-corrected chi connectivity index (χ2v) is 7.95. The first kappa shape index (κ1) is 19.4. The number of hydrogen-bond acceptors (Lipinski definition) is 2. The van der Waals surface area contributed by atoms with Gasteiger partial charge in [-0.2, -0.15) is 0 Å². The minimum absolute atomic E-state index is 0.895. The number of hydrogen-bond donors (Lipinski definition) is 2. The number of piperidine rings is 1. The van der Waals surface area contributed by atoms with E-state index in [-0.39, 0.29) is 0 Å². The Bertz CT molecular complexity index is 551. The molecule has 1 saturated carbocycles. The molecule has 2 fully saturated rings. The van der Waals surface area contributed by atoms with Gasteiger partial charge in [0.1, 0.15) is 0 Å². The lowest BCUT2D eigenvalue weighted by Gasteiger charge is -2.22. The molecule has 1 aromatic carbocycles. The average molecular weight is 353 g/mol. The van der Waals surface area contributed by atoms with E-state index in [0.717, 1.165) is 18.4 Å². The molecule has 0 atom stereocenters. The Morgan fingerprint density at radius 3 is 2.42 bits per heavy atom. The highest BCUT2D eigenvalue weighted by atomic mass is 14.9. The van der Waals surface area contributed by atoms with Gasteiger partial charge in [-0.1, -0.05) is 54.1 Å². The molecule has 0 radical (unpaired) electrons. The molecular formula is C24H36N2. The number of rotatable bonds is 7.